The Morgan fingerprint density at radius 2 is 1.30 bits per heavy atom. The predicted octanol–water partition coefficient (Wildman–Crippen LogP) is 2.12. The van der Waals surface area contributed by atoms with Crippen molar-refractivity contribution in [1.29, 1.82) is 0 Å². The minimum absolute atomic E-state index is 0.0142. The van der Waals surface area contributed by atoms with E-state index in [0.717, 1.165) is 0 Å². The van der Waals surface area contributed by atoms with E-state index >= 15 is 0 Å². The first kappa shape index (κ1) is 33.3. The van der Waals surface area contributed by atoms with Gasteiger partial charge in [0.2, 0.25) is 23.8 Å². The molecule has 0 aliphatic carbocycles. The zero-order valence-electron chi connectivity index (χ0n) is 24.8. The summed E-state index contributed by atoms with van der Waals surface area (Å²) in [5, 5.41) is 3.12. The van der Waals surface area contributed by atoms with Crippen molar-refractivity contribution in [2.24, 2.45) is 22.9 Å². The van der Waals surface area contributed by atoms with Crippen LogP contribution < -0.4 is 42.4 Å². The number of para-hydroxylation sites is 1. The van der Waals surface area contributed by atoms with Crippen LogP contribution in [0, 0.1) is 0 Å². The second kappa shape index (κ2) is 14.2. The molecule has 1 amide bonds. The van der Waals surface area contributed by atoms with Crippen molar-refractivity contribution in [3.05, 3.63) is 60.2 Å². The van der Waals surface area contributed by atoms with E-state index in [9.17, 15) is 22.8 Å². The highest BCUT2D eigenvalue weighted by atomic mass is 32.2. The van der Waals surface area contributed by atoms with E-state index in [1.54, 1.807) is 18.2 Å². The van der Waals surface area contributed by atoms with Crippen molar-refractivity contribution in [1.82, 2.24) is 15.0 Å². The first-order valence-electron chi connectivity index (χ1n) is 14.7. The molecule has 3 heterocycles. The summed E-state index contributed by atoms with van der Waals surface area (Å²) in [6.45, 7) is 2.03. The molecule has 46 heavy (non-hydrogen) atoms. The van der Waals surface area contributed by atoms with Gasteiger partial charge in [-0.1, -0.05) is 18.2 Å². The van der Waals surface area contributed by atoms with Crippen LogP contribution in [0.25, 0.3) is 0 Å². The molecule has 0 radical (unpaired) electrons. The number of rotatable bonds is 9. The number of ketones is 1. The zero-order valence-corrected chi connectivity index (χ0v) is 25.6. The number of amides is 1. The number of nitrogens with one attached hydrogen (secondary N) is 1. The van der Waals surface area contributed by atoms with Crippen molar-refractivity contribution in [2.45, 2.75) is 48.9 Å². The molecule has 0 saturated carbocycles. The van der Waals surface area contributed by atoms with Gasteiger partial charge in [0.1, 0.15) is 0 Å². The maximum Gasteiger partial charge on any atom is 0.462 e. The van der Waals surface area contributed by atoms with Gasteiger partial charge in [-0.2, -0.15) is 28.1 Å². The van der Waals surface area contributed by atoms with Gasteiger partial charge in [-0.25, -0.2) is 4.31 Å². The third kappa shape index (κ3) is 8.82. The van der Waals surface area contributed by atoms with E-state index in [0.29, 0.717) is 60.9 Å². The Balaban J connectivity index is 1.33. The molecule has 0 spiro atoms. The summed E-state index contributed by atoms with van der Waals surface area (Å²) >= 11 is -0.605. The van der Waals surface area contributed by atoms with Gasteiger partial charge in [0, 0.05) is 61.6 Å². The van der Waals surface area contributed by atoms with Crippen molar-refractivity contribution in [3.8, 4) is 0 Å². The number of nitrogens with two attached hydrogens (primary N) is 4. The van der Waals surface area contributed by atoms with Crippen LogP contribution in [-0.4, -0.2) is 82.5 Å². The number of nitrogens with zero attached hydrogens (tertiary/aromatic N) is 6. The van der Waals surface area contributed by atoms with Crippen LogP contribution in [0.2, 0.25) is 0 Å². The fraction of sp³-hybridized carbons (Fsp3) is 0.414. The molecule has 17 heteroatoms. The van der Waals surface area contributed by atoms with E-state index in [1.807, 2.05) is 9.80 Å². The molecule has 0 bridgehead atoms. The van der Waals surface area contributed by atoms with E-state index in [2.05, 4.69) is 15.3 Å². The van der Waals surface area contributed by atoms with Crippen molar-refractivity contribution in [3.63, 3.8) is 0 Å². The average molecular weight is 660 g/mol. The van der Waals surface area contributed by atoms with Crippen molar-refractivity contribution >= 4 is 52.9 Å². The second-order valence-electron chi connectivity index (χ2n) is 11.4. The molecule has 2 aliphatic rings. The molecule has 5 rings (SSSR count). The summed E-state index contributed by atoms with van der Waals surface area (Å²) in [6, 6.07) is 12.8. The summed E-state index contributed by atoms with van der Waals surface area (Å²) in [5.74, 6) is -0.648. The van der Waals surface area contributed by atoms with Crippen LogP contribution in [-0.2, 0) is 4.79 Å². The molecule has 2 fully saturated rings. The number of piperidine rings is 2. The number of carbonyl (C=O) groups excluding carboxylic acids is 2. The largest absolute Gasteiger partial charge is 0.462 e. The molecule has 246 valence electrons. The number of aromatic nitrogens is 3. The number of alkyl halides is 3. The van der Waals surface area contributed by atoms with Gasteiger partial charge in [-0.3, -0.25) is 9.59 Å². The first-order chi connectivity index (χ1) is 21.8. The Bertz CT molecular complexity index is 1450. The molecule has 1 aromatic heterocycles. The number of anilines is 5. The SMILES string of the molecule is NC1CC(N)CN(c2nc(Nc3ccc(C(=O)CC(=O)N(SC(F)(F)F)c4ccccc4)cc3)nc(N3CC(N)CC(N)C3)n2)C1. The number of halogens is 3. The summed E-state index contributed by atoms with van der Waals surface area (Å²) in [5.41, 5.74) is 20.8. The molecule has 4 unspecified atom stereocenters. The standard InChI is InChI=1S/C29H36F3N11O2S/c30-29(31,32)46-43(23-4-2-1-3-5-23)25(45)12-24(44)17-6-8-22(9-7-17)37-26-38-27(41-13-18(33)10-19(34)14-41)40-28(39-26)42-15-20(35)11-21(36)16-42/h1-9,18-21H,10-16,33-36H2,(H,37,38,39,40). The lowest BCUT2D eigenvalue weighted by atomic mass is 10.0. The van der Waals surface area contributed by atoms with E-state index in [1.165, 1.54) is 36.4 Å². The van der Waals surface area contributed by atoms with Crippen LogP contribution in [0.5, 0.6) is 0 Å². The van der Waals surface area contributed by atoms with Crippen LogP contribution in [0.15, 0.2) is 54.6 Å². The van der Waals surface area contributed by atoms with Gasteiger partial charge in [0.25, 0.3) is 0 Å². The van der Waals surface area contributed by atoms with Crippen LogP contribution in [0.4, 0.5) is 42.4 Å². The fourth-order valence-electron chi connectivity index (χ4n) is 5.47. The van der Waals surface area contributed by atoms with Gasteiger partial charge in [0.15, 0.2) is 5.78 Å². The molecule has 2 aliphatic heterocycles. The van der Waals surface area contributed by atoms with Gasteiger partial charge < -0.3 is 38.1 Å². The predicted molar refractivity (Wildman–Crippen MR) is 172 cm³/mol. The van der Waals surface area contributed by atoms with Crippen LogP contribution in [0.3, 0.4) is 0 Å². The molecular weight excluding hydrogens is 623 g/mol. The Morgan fingerprint density at radius 3 is 1.78 bits per heavy atom. The summed E-state index contributed by atoms with van der Waals surface area (Å²) in [6.07, 6.45) is 0.597. The van der Waals surface area contributed by atoms with E-state index in [4.69, 9.17) is 27.9 Å². The maximum absolute atomic E-state index is 13.2. The molecule has 2 aromatic carbocycles. The summed E-state index contributed by atoms with van der Waals surface area (Å²) < 4.78 is 40.1. The maximum atomic E-state index is 13.2. The average Bonchev–Trinajstić information content (AvgIpc) is 2.99. The highest BCUT2D eigenvalue weighted by Crippen LogP contribution is 2.37. The minimum atomic E-state index is -4.73. The summed E-state index contributed by atoms with van der Waals surface area (Å²) in [7, 11) is 0. The molecule has 9 N–H and O–H groups in total. The van der Waals surface area contributed by atoms with Gasteiger partial charge >= 0.3 is 5.51 Å². The second-order valence-corrected chi connectivity index (χ2v) is 12.5. The fourth-order valence-corrected chi connectivity index (χ4v) is 6.07. The van der Waals surface area contributed by atoms with E-state index in [-0.39, 0.29) is 41.4 Å². The van der Waals surface area contributed by atoms with Crippen molar-refractivity contribution < 1.29 is 22.8 Å². The highest BCUT2D eigenvalue weighted by Gasteiger charge is 2.36. The molecule has 13 nitrogen and oxygen atoms in total. The lowest BCUT2D eigenvalue weighted by Crippen LogP contribution is -2.54. The van der Waals surface area contributed by atoms with Crippen LogP contribution in [0.1, 0.15) is 29.6 Å². The number of hydrogen-bond acceptors (Lipinski definition) is 13. The summed E-state index contributed by atoms with van der Waals surface area (Å²) in [4.78, 5) is 43.5. The highest BCUT2D eigenvalue weighted by molar-refractivity contribution is 8.02. The quantitative estimate of drug-likeness (QED) is 0.127. The topological polar surface area (TPSA) is 199 Å². The Morgan fingerprint density at radius 1 is 0.804 bits per heavy atom. The monoisotopic (exact) mass is 659 g/mol. The van der Waals surface area contributed by atoms with Crippen molar-refractivity contribution in [2.75, 3.05) is 45.6 Å². The number of benzene rings is 2. The number of Topliss-reactive ketones (excluding diaryl/α,β-unsaturated/α-hetero) is 1. The molecule has 3 aromatic rings. The number of carbonyl (C=O) groups is 2. The van der Waals surface area contributed by atoms with Crippen LogP contribution >= 0.6 is 11.9 Å². The normalized spacial score (nSPS) is 22.0. The van der Waals surface area contributed by atoms with Gasteiger partial charge in [-0.05, 0) is 49.2 Å². The molecule has 2 saturated heterocycles. The number of hydrogen-bond donors (Lipinski definition) is 5. The third-order valence-electron chi connectivity index (χ3n) is 7.39. The molecular formula is C29H36F3N11O2S. The Hall–Kier alpha value is -4.03. The third-order valence-corrected chi connectivity index (χ3v) is 8.20. The lowest BCUT2D eigenvalue weighted by molar-refractivity contribution is -0.116. The smallest absolute Gasteiger partial charge is 0.338 e. The van der Waals surface area contributed by atoms with E-state index < -0.39 is 35.6 Å². The van der Waals surface area contributed by atoms with Gasteiger partial charge in [-0.15, -0.1) is 0 Å². The first-order valence-corrected chi connectivity index (χ1v) is 15.4. The van der Waals surface area contributed by atoms with Gasteiger partial charge in [0.05, 0.1) is 24.1 Å². The Kier molecular flexibility index (Phi) is 10.3. The molecule has 4 atom stereocenters. The minimum Gasteiger partial charge on any atom is -0.338 e. The Labute approximate surface area is 268 Å². The zero-order chi connectivity index (χ0) is 33.0. The lowest BCUT2D eigenvalue weighted by Gasteiger charge is -2.37.